The van der Waals surface area contributed by atoms with Crippen molar-refractivity contribution >= 4 is 40.6 Å². The van der Waals surface area contributed by atoms with Crippen LogP contribution in [0.25, 0.3) is 17.2 Å². The van der Waals surface area contributed by atoms with E-state index in [1.807, 2.05) is 74.2 Å². The van der Waals surface area contributed by atoms with Gasteiger partial charge >= 0.3 is 6.18 Å². The van der Waals surface area contributed by atoms with Crippen LogP contribution in [0.1, 0.15) is 77.7 Å². The van der Waals surface area contributed by atoms with Gasteiger partial charge in [0.2, 0.25) is 11.7 Å². The molecule has 3 aromatic carbocycles. The third-order valence-corrected chi connectivity index (χ3v) is 12.5. The van der Waals surface area contributed by atoms with E-state index in [9.17, 15) is 27.6 Å². The van der Waals surface area contributed by atoms with Crippen LogP contribution in [0.2, 0.25) is 5.02 Å². The first-order chi connectivity index (χ1) is 30.1. The lowest BCUT2D eigenvalue weighted by Gasteiger charge is -2.54. The van der Waals surface area contributed by atoms with Gasteiger partial charge in [-0.15, -0.1) is 5.10 Å². The number of amides is 2. The molecule has 5 heterocycles. The molecule has 0 spiro atoms. The van der Waals surface area contributed by atoms with Crippen LogP contribution in [0.15, 0.2) is 77.9 Å². The highest BCUT2D eigenvalue weighted by atomic mass is 35.5. The van der Waals surface area contributed by atoms with E-state index in [-0.39, 0.29) is 72.2 Å². The number of carbonyl (C=O) groups is 2. The minimum Gasteiger partial charge on any atom is -0.485 e. The molecule has 2 aliphatic heterocycles. The van der Waals surface area contributed by atoms with Crippen molar-refractivity contribution in [2.75, 3.05) is 23.3 Å². The third-order valence-electron chi connectivity index (χ3n) is 12.2. The zero-order valence-electron chi connectivity index (χ0n) is 34.9. The lowest BCUT2D eigenvalue weighted by atomic mass is 9.81. The summed E-state index contributed by atoms with van der Waals surface area (Å²) in [5.41, 5.74) is 3.18. The molecule has 0 bridgehead atoms. The summed E-state index contributed by atoms with van der Waals surface area (Å²) in [5, 5.41) is 7.08. The molecule has 2 atom stereocenters. The Labute approximate surface area is 364 Å². The van der Waals surface area contributed by atoms with E-state index in [1.54, 1.807) is 16.4 Å². The fourth-order valence-corrected chi connectivity index (χ4v) is 9.07. The molecule has 1 N–H and O–H groups in total. The standard InChI is InChI=1S/C45H43ClF3N9O5/c1-5-33-38(55-17-18-56(35-16-15-34(35)55)41(60)37-39(25(2)50-24-51-37)62-22-26-9-7-6-8-10-26)42(61)58-43(53-40(54-58)27-11-13-30-28(19-27)23-63-44(30,3)4)57(33)21-36(59)52-32-14-12-29(20-31(32)46)45(47,48)49/h6-14,19-20,24,34-35H,5,15-18,21-23H2,1-4H3,(H,52,59). The van der Waals surface area contributed by atoms with E-state index in [1.165, 1.54) is 10.8 Å². The largest absolute Gasteiger partial charge is 0.485 e. The number of piperazine rings is 1. The number of nitrogens with zero attached hydrogens (tertiary/aromatic N) is 8. The van der Waals surface area contributed by atoms with E-state index in [4.69, 9.17) is 31.2 Å². The maximum Gasteiger partial charge on any atom is 0.416 e. The van der Waals surface area contributed by atoms with Crippen LogP contribution >= 0.6 is 11.6 Å². The average Bonchev–Trinajstić information content (AvgIpc) is 3.83. The van der Waals surface area contributed by atoms with Gasteiger partial charge in [-0.2, -0.15) is 22.7 Å². The number of rotatable bonds is 10. The summed E-state index contributed by atoms with van der Waals surface area (Å²) in [5.74, 6) is -0.261. The van der Waals surface area contributed by atoms with Crippen molar-refractivity contribution in [3.63, 3.8) is 0 Å². The van der Waals surface area contributed by atoms with Crippen molar-refractivity contribution in [1.29, 1.82) is 0 Å². The molecule has 3 aromatic heterocycles. The maximum atomic E-state index is 14.9. The molecule has 1 saturated heterocycles. The van der Waals surface area contributed by atoms with Crippen LogP contribution < -0.4 is 20.5 Å². The number of hydrogen-bond donors (Lipinski definition) is 1. The summed E-state index contributed by atoms with van der Waals surface area (Å²) in [6, 6.07) is 17.5. The molecule has 2 unspecified atom stereocenters. The highest BCUT2D eigenvalue weighted by Gasteiger charge is 2.47. The molecule has 2 fully saturated rings. The van der Waals surface area contributed by atoms with E-state index >= 15 is 0 Å². The second kappa shape index (κ2) is 16.1. The quantitative estimate of drug-likeness (QED) is 0.148. The fourth-order valence-electron chi connectivity index (χ4n) is 8.85. The highest BCUT2D eigenvalue weighted by Crippen LogP contribution is 2.40. The van der Waals surface area contributed by atoms with E-state index in [0.717, 1.165) is 34.9 Å². The van der Waals surface area contributed by atoms with Gasteiger partial charge in [-0.3, -0.25) is 14.4 Å². The van der Waals surface area contributed by atoms with Crippen LogP contribution in [0.5, 0.6) is 5.75 Å². The van der Waals surface area contributed by atoms with Crippen LogP contribution in [0.3, 0.4) is 0 Å². The van der Waals surface area contributed by atoms with Gasteiger partial charge in [0, 0.05) is 24.7 Å². The Balaban J connectivity index is 1.07. The topological polar surface area (TPSA) is 149 Å². The normalized spacial score (nSPS) is 17.9. The minimum atomic E-state index is -4.62. The molecule has 1 saturated carbocycles. The van der Waals surface area contributed by atoms with Crippen molar-refractivity contribution in [3.8, 4) is 17.1 Å². The second-order valence-electron chi connectivity index (χ2n) is 16.4. The number of aryl methyl sites for hydroxylation is 1. The fraction of sp³-hybridized carbons (Fsp3) is 0.356. The molecular weight excluding hydrogens is 839 g/mol. The van der Waals surface area contributed by atoms with Crippen LogP contribution in [-0.2, 0) is 47.5 Å². The molecule has 2 amide bonds. The number of fused-ring (bicyclic) bond motifs is 3. The van der Waals surface area contributed by atoms with Gasteiger partial charge in [-0.05, 0) is 81.0 Å². The summed E-state index contributed by atoms with van der Waals surface area (Å²) in [6.07, 6.45) is -1.62. The van der Waals surface area contributed by atoms with Crippen LogP contribution in [0.4, 0.5) is 24.5 Å². The molecule has 18 heteroatoms. The van der Waals surface area contributed by atoms with E-state index in [0.29, 0.717) is 54.3 Å². The van der Waals surface area contributed by atoms with Gasteiger partial charge in [0.15, 0.2) is 17.3 Å². The monoisotopic (exact) mass is 881 g/mol. The Morgan fingerprint density at radius 2 is 1.79 bits per heavy atom. The number of aromatic nitrogens is 6. The summed E-state index contributed by atoms with van der Waals surface area (Å²) < 4.78 is 55.2. The minimum absolute atomic E-state index is 0.0129. The Morgan fingerprint density at radius 3 is 2.51 bits per heavy atom. The third kappa shape index (κ3) is 7.66. The first-order valence-corrected chi connectivity index (χ1v) is 21.0. The van der Waals surface area contributed by atoms with Crippen molar-refractivity contribution in [2.24, 2.45) is 0 Å². The van der Waals surface area contributed by atoms with Crippen LogP contribution in [-0.4, -0.2) is 71.0 Å². The molecule has 3 aliphatic rings. The zero-order chi connectivity index (χ0) is 44.4. The number of nitrogens with one attached hydrogen (secondary N) is 1. The summed E-state index contributed by atoms with van der Waals surface area (Å²) in [4.78, 5) is 60.4. The average molecular weight is 882 g/mol. The zero-order valence-corrected chi connectivity index (χ0v) is 35.6. The lowest BCUT2D eigenvalue weighted by molar-refractivity contribution is -0.137. The Morgan fingerprint density at radius 1 is 1.02 bits per heavy atom. The molecule has 9 rings (SSSR count). The van der Waals surface area contributed by atoms with Gasteiger partial charge in [0.05, 0.1) is 45.9 Å². The van der Waals surface area contributed by atoms with Gasteiger partial charge in [-0.25, -0.2) is 9.97 Å². The van der Waals surface area contributed by atoms with Crippen molar-refractivity contribution < 1.29 is 32.2 Å². The van der Waals surface area contributed by atoms with Crippen LogP contribution in [0, 0.1) is 6.92 Å². The molecule has 63 heavy (non-hydrogen) atoms. The molecule has 326 valence electrons. The predicted molar refractivity (Wildman–Crippen MR) is 228 cm³/mol. The van der Waals surface area contributed by atoms with Crippen molar-refractivity contribution in [3.05, 3.63) is 128 Å². The molecule has 0 radical (unpaired) electrons. The van der Waals surface area contributed by atoms with Gasteiger partial charge in [0.25, 0.3) is 11.5 Å². The van der Waals surface area contributed by atoms with E-state index in [2.05, 4.69) is 15.3 Å². The van der Waals surface area contributed by atoms with Gasteiger partial charge in [0.1, 0.15) is 25.2 Å². The van der Waals surface area contributed by atoms with Crippen molar-refractivity contribution in [2.45, 2.75) is 90.6 Å². The summed E-state index contributed by atoms with van der Waals surface area (Å²) in [6.45, 7) is 8.38. The predicted octanol–water partition coefficient (Wildman–Crippen LogP) is 7.37. The number of benzene rings is 3. The first kappa shape index (κ1) is 42.0. The number of carbonyl (C=O) groups excluding carboxylic acids is 2. The van der Waals surface area contributed by atoms with E-state index < -0.39 is 28.8 Å². The highest BCUT2D eigenvalue weighted by molar-refractivity contribution is 6.33. The Bertz CT molecular complexity index is 2850. The number of alkyl halides is 3. The Kier molecular flexibility index (Phi) is 10.7. The molecular formula is C45H43ClF3N9O5. The molecule has 6 aromatic rings. The number of ether oxygens (including phenoxy) is 2. The smallest absolute Gasteiger partial charge is 0.416 e. The summed E-state index contributed by atoms with van der Waals surface area (Å²) >= 11 is 6.23. The molecule has 14 nitrogen and oxygen atoms in total. The van der Waals surface area contributed by atoms with Gasteiger partial charge < -0.3 is 29.2 Å². The number of halogens is 4. The first-order valence-electron chi connectivity index (χ1n) is 20.7. The van der Waals surface area contributed by atoms with Crippen molar-refractivity contribution in [1.82, 2.24) is 34.0 Å². The molecule has 1 aliphatic carbocycles. The Hall–Kier alpha value is -6.33. The van der Waals surface area contributed by atoms with Gasteiger partial charge in [-0.1, -0.05) is 61.0 Å². The summed E-state index contributed by atoms with van der Waals surface area (Å²) in [7, 11) is 0. The number of hydrogen-bond acceptors (Lipinski definition) is 10. The lowest BCUT2D eigenvalue weighted by Crippen LogP contribution is -2.67. The second-order valence-corrected chi connectivity index (χ2v) is 16.8. The number of anilines is 2. The SMILES string of the molecule is CCc1c(N2CCN(C(=O)c3ncnc(C)c3OCc3ccccc3)C3CCC32)c(=O)n2nc(-c3ccc4c(c3)COC4(C)C)nc2n1CC(=O)Nc1ccc(C(F)(F)F)cc1Cl. The maximum absolute atomic E-state index is 14.9.